The van der Waals surface area contributed by atoms with Crippen LogP contribution in [0.1, 0.15) is 52.3 Å². The van der Waals surface area contributed by atoms with Crippen LogP contribution >= 0.6 is 8.38 Å². The summed E-state index contributed by atoms with van der Waals surface area (Å²) in [6, 6.07) is 2.05. The van der Waals surface area contributed by atoms with Gasteiger partial charge in [-0.05, 0) is 31.5 Å². The van der Waals surface area contributed by atoms with E-state index in [0.717, 1.165) is 0 Å². The molecule has 2 unspecified atom stereocenters. The van der Waals surface area contributed by atoms with Gasteiger partial charge in [0.2, 0.25) is 0 Å². The fourth-order valence-electron chi connectivity index (χ4n) is 3.23. The van der Waals surface area contributed by atoms with Gasteiger partial charge < -0.3 is 18.2 Å². The fraction of sp³-hybridized carbons (Fsp3) is 0.762. The Hall–Kier alpha value is -1.34. The average Bonchev–Trinajstić information content (AvgIpc) is 3.00. The van der Waals surface area contributed by atoms with Crippen molar-refractivity contribution in [1.29, 1.82) is 5.26 Å². The molecule has 32 heavy (non-hydrogen) atoms. The minimum Gasteiger partial charge on any atom is -0.408 e. The third-order valence-electron chi connectivity index (χ3n) is 6.10. The number of H-pyrrole nitrogens is 1. The molecule has 1 fully saturated rings. The van der Waals surface area contributed by atoms with Gasteiger partial charge in [0.15, 0.2) is 22.9 Å². The van der Waals surface area contributed by atoms with Crippen LogP contribution in [0.25, 0.3) is 0 Å². The second kappa shape index (κ2) is 10.7. The number of nitrogens with one attached hydrogen (secondary N) is 1. The van der Waals surface area contributed by atoms with Crippen molar-refractivity contribution in [2.75, 3.05) is 13.3 Å². The van der Waals surface area contributed by atoms with Crippen LogP contribution in [0.2, 0.25) is 18.1 Å². The summed E-state index contributed by atoms with van der Waals surface area (Å²) < 4.78 is 26.4. The second-order valence-corrected chi connectivity index (χ2v) is 15.7. The van der Waals surface area contributed by atoms with E-state index in [9.17, 15) is 9.59 Å². The number of ether oxygens (including phenoxy) is 1. The Labute approximate surface area is 192 Å². The molecule has 2 heterocycles. The molecule has 0 spiro atoms. The highest BCUT2D eigenvalue weighted by atomic mass is 31.2. The lowest BCUT2D eigenvalue weighted by atomic mass is 10.1. The lowest BCUT2D eigenvalue weighted by molar-refractivity contribution is -0.0351. The maximum atomic E-state index is 12.6. The maximum Gasteiger partial charge on any atom is 0.330 e. The molecule has 0 bridgehead atoms. The zero-order valence-electron chi connectivity index (χ0n) is 20.3. The van der Waals surface area contributed by atoms with Gasteiger partial charge in [-0.15, -0.1) is 0 Å². The molecule has 1 aromatic rings. The molecular weight excluding hydrogens is 449 g/mol. The molecule has 1 saturated heterocycles. The zero-order valence-corrected chi connectivity index (χ0v) is 22.2. The predicted octanol–water partition coefficient (Wildman–Crippen LogP) is 3.80. The minimum atomic E-state index is -2.20. The Morgan fingerprint density at radius 1 is 1.31 bits per heavy atom. The SMILES string of the molecule is CC[C@H]1O[C@@H](n2cc(C)c(=O)[nH]c2=O)[C@@H](OP(C)OCCC#N)C1O[Si](C)(C)C(C)(C)C. The molecule has 0 amide bonds. The van der Waals surface area contributed by atoms with Gasteiger partial charge in [0.1, 0.15) is 12.2 Å². The van der Waals surface area contributed by atoms with E-state index in [0.29, 0.717) is 12.0 Å². The zero-order chi connectivity index (χ0) is 24.3. The first kappa shape index (κ1) is 26.9. The smallest absolute Gasteiger partial charge is 0.330 e. The maximum absolute atomic E-state index is 12.6. The second-order valence-electron chi connectivity index (χ2n) is 9.55. The predicted molar refractivity (Wildman–Crippen MR) is 126 cm³/mol. The van der Waals surface area contributed by atoms with Gasteiger partial charge in [-0.25, -0.2) is 4.79 Å². The highest BCUT2D eigenvalue weighted by Gasteiger charge is 2.51. The Kier molecular flexibility index (Phi) is 9.02. The largest absolute Gasteiger partial charge is 0.408 e. The summed E-state index contributed by atoms with van der Waals surface area (Å²) in [7, 11) is -3.54. The summed E-state index contributed by atoms with van der Waals surface area (Å²) in [6.07, 6.45) is 0.343. The van der Waals surface area contributed by atoms with E-state index >= 15 is 0 Å². The van der Waals surface area contributed by atoms with Crippen molar-refractivity contribution in [2.24, 2.45) is 0 Å². The van der Waals surface area contributed by atoms with Crippen molar-refractivity contribution in [2.45, 2.75) is 90.1 Å². The molecule has 9 nitrogen and oxygen atoms in total. The van der Waals surface area contributed by atoms with Crippen molar-refractivity contribution < 1.29 is 18.2 Å². The van der Waals surface area contributed by atoms with Crippen LogP contribution in [0.4, 0.5) is 0 Å². The van der Waals surface area contributed by atoms with Crippen LogP contribution in [0, 0.1) is 18.3 Å². The fourth-order valence-corrected chi connectivity index (χ4v) is 5.53. The molecular formula is C21H36N3O6PSi. The number of nitriles is 1. The minimum absolute atomic E-state index is 0.0282. The summed E-state index contributed by atoms with van der Waals surface area (Å²) >= 11 is 0. The summed E-state index contributed by atoms with van der Waals surface area (Å²) in [4.78, 5) is 26.9. The quantitative estimate of drug-likeness (QED) is 0.321. The molecule has 5 atom stereocenters. The topological polar surface area (TPSA) is 116 Å². The summed E-state index contributed by atoms with van der Waals surface area (Å²) in [5.74, 6) is 0. The molecule has 0 aromatic carbocycles. The van der Waals surface area contributed by atoms with Gasteiger partial charge in [-0.3, -0.25) is 14.3 Å². The molecule has 2 rings (SSSR count). The van der Waals surface area contributed by atoms with Gasteiger partial charge >= 0.3 is 5.69 Å². The Balaban J connectivity index is 2.46. The average molecular weight is 486 g/mol. The van der Waals surface area contributed by atoms with Crippen LogP contribution in [0.5, 0.6) is 0 Å². The van der Waals surface area contributed by atoms with Crippen molar-refractivity contribution >= 4 is 16.7 Å². The summed E-state index contributed by atoms with van der Waals surface area (Å²) in [5.41, 5.74) is -0.592. The number of hydrogen-bond donors (Lipinski definition) is 1. The summed E-state index contributed by atoms with van der Waals surface area (Å²) in [5, 5.41) is 8.75. The Morgan fingerprint density at radius 2 is 1.97 bits per heavy atom. The van der Waals surface area contributed by atoms with E-state index in [2.05, 4.69) is 38.8 Å². The van der Waals surface area contributed by atoms with Gasteiger partial charge in [0, 0.05) is 18.4 Å². The highest BCUT2D eigenvalue weighted by molar-refractivity contribution is 7.46. The van der Waals surface area contributed by atoms with Crippen molar-refractivity contribution in [3.8, 4) is 6.07 Å². The van der Waals surface area contributed by atoms with Crippen LogP contribution in [0.3, 0.4) is 0 Å². The molecule has 1 N–H and O–H groups in total. The molecule has 11 heteroatoms. The van der Waals surface area contributed by atoms with Gasteiger partial charge in [0.25, 0.3) is 5.56 Å². The molecule has 0 saturated carbocycles. The highest BCUT2D eigenvalue weighted by Crippen LogP contribution is 2.47. The van der Waals surface area contributed by atoms with Crippen molar-refractivity contribution in [3.05, 3.63) is 32.6 Å². The normalized spacial score (nSPS) is 25.0. The van der Waals surface area contributed by atoms with Gasteiger partial charge in [-0.1, -0.05) is 27.7 Å². The number of aromatic nitrogens is 2. The number of hydrogen-bond acceptors (Lipinski definition) is 7. The molecule has 1 aliphatic rings. The number of rotatable bonds is 9. The molecule has 180 valence electrons. The lowest BCUT2D eigenvalue weighted by Gasteiger charge is -2.40. The molecule has 1 aliphatic heterocycles. The Bertz CT molecular complexity index is 935. The van der Waals surface area contributed by atoms with E-state index in [-0.39, 0.29) is 24.2 Å². The van der Waals surface area contributed by atoms with E-state index in [1.807, 2.05) is 19.7 Å². The molecule has 1 aromatic heterocycles. The third kappa shape index (κ3) is 6.16. The standard InChI is InChI=1S/C21H36N3O6PSi/c1-9-15-16(30-32(7,8)21(3,4)5)17(29-31(6)27-12-10-11-22)19(28-15)24-13-14(2)18(25)23-20(24)26/h13,15-17,19H,9-10,12H2,1-8H3,(H,23,25,26)/t15-,16?,17+,19-,31?/m1/s1. The van der Waals surface area contributed by atoms with E-state index < -0.39 is 46.4 Å². The van der Waals surface area contributed by atoms with Crippen LogP contribution in [-0.2, 0) is 18.2 Å². The molecule has 0 aliphatic carbocycles. The van der Waals surface area contributed by atoms with Crippen LogP contribution < -0.4 is 11.2 Å². The lowest BCUT2D eigenvalue weighted by Crippen LogP contribution is -2.49. The van der Waals surface area contributed by atoms with Gasteiger partial charge in [0.05, 0.1) is 25.2 Å². The monoisotopic (exact) mass is 485 g/mol. The first-order valence-corrected chi connectivity index (χ1v) is 15.4. The van der Waals surface area contributed by atoms with Crippen LogP contribution in [0.15, 0.2) is 15.8 Å². The first-order chi connectivity index (χ1) is 14.8. The number of nitrogens with zero attached hydrogens (tertiary/aromatic N) is 2. The van der Waals surface area contributed by atoms with Crippen molar-refractivity contribution in [1.82, 2.24) is 9.55 Å². The Morgan fingerprint density at radius 3 is 2.53 bits per heavy atom. The molecule has 0 radical (unpaired) electrons. The van der Waals surface area contributed by atoms with Gasteiger partial charge in [-0.2, -0.15) is 5.26 Å². The number of aryl methyl sites for hydroxylation is 1. The number of aromatic amines is 1. The van der Waals surface area contributed by atoms with E-state index in [4.69, 9.17) is 23.5 Å². The van der Waals surface area contributed by atoms with Crippen LogP contribution in [-0.4, -0.2) is 49.5 Å². The first-order valence-electron chi connectivity index (χ1n) is 10.9. The summed E-state index contributed by atoms with van der Waals surface area (Å²) in [6.45, 7) is 16.5. The third-order valence-corrected chi connectivity index (χ3v) is 11.7. The van der Waals surface area contributed by atoms with Crippen molar-refractivity contribution in [3.63, 3.8) is 0 Å². The van der Waals surface area contributed by atoms with E-state index in [1.165, 1.54) is 10.8 Å². The van der Waals surface area contributed by atoms with E-state index in [1.54, 1.807) is 6.92 Å².